The first kappa shape index (κ1) is 21.9. The van der Waals surface area contributed by atoms with Gasteiger partial charge < -0.3 is 15.6 Å². The van der Waals surface area contributed by atoms with E-state index in [0.29, 0.717) is 28.1 Å². The Bertz CT molecular complexity index is 1580. The quantitative estimate of drug-likeness (QED) is 0.347. The van der Waals surface area contributed by atoms with Crippen LogP contribution in [0.2, 0.25) is 0 Å². The van der Waals surface area contributed by atoms with Gasteiger partial charge in [0.25, 0.3) is 17.4 Å². The summed E-state index contributed by atoms with van der Waals surface area (Å²) in [5.74, 6) is -0.504. The van der Waals surface area contributed by atoms with Crippen LogP contribution in [0, 0.1) is 0 Å². The molecule has 7 heteroatoms. The number of pyridine rings is 1. The Balaban J connectivity index is 1.27. The second-order valence-electron chi connectivity index (χ2n) is 8.03. The molecule has 0 radical (unpaired) electrons. The van der Waals surface area contributed by atoms with E-state index in [-0.39, 0.29) is 23.9 Å². The Morgan fingerprint density at radius 3 is 2.46 bits per heavy atom. The zero-order valence-corrected chi connectivity index (χ0v) is 18.7. The molecule has 0 saturated heterocycles. The number of carbonyl (C=O) groups is 2. The highest BCUT2D eigenvalue weighted by Gasteiger charge is 2.13. The summed E-state index contributed by atoms with van der Waals surface area (Å²) in [6.45, 7) is 0.209. The summed E-state index contributed by atoms with van der Waals surface area (Å²) >= 11 is 0. The molecule has 0 unspecified atom stereocenters. The fraction of sp³-hybridized carbons (Fsp3) is 0.0357. The minimum Gasteiger partial charge on any atom is -0.361 e. The molecule has 0 fully saturated rings. The van der Waals surface area contributed by atoms with Gasteiger partial charge >= 0.3 is 0 Å². The summed E-state index contributed by atoms with van der Waals surface area (Å²) in [5, 5.41) is 6.82. The zero-order valence-electron chi connectivity index (χ0n) is 18.7. The third-order valence-electron chi connectivity index (χ3n) is 5.74. The molecule has 172 valence electrons. The van der Waals surface area contributed by atoms with Crippen molar-refractivity contribution >= 4 is 28.4 Å². The van der Waals surface area contributed by atoms with Gasteiger partial charge in [0.05, 0.1) is 0 Å². The second-order valence-corrected chi connectivity index (χ2v) is 8.03. The molecule has 0 spiro atoms. The van der Waals surface area contributed by atoms with Gasteiger partial charge in [-0.25, -0.2) is 0 Å². The van der Waals surface area contributed by atoms with Gasteiger partial charge in [-0.3, -0.25) is 19.0 Å². The molecule has 0 atom stereocenters. The number of H-pyrrole nitrogens is 1. The zero-order chi connectivity index (χ0) is 24.2. The largest absolute Gasteiger partial charge is 0.361 e. The number of nitrogens with one attached hydrogen (secondary N) is 3. The topological polar surface area (TPSA) is 96.0 Å². The first-order valence-electron chi connectivity index (χ1n) is 11.1. The first-order chi connectivity index (χ1) is 17.1. The lowest BCUT2D eigenvalue weighted by molar-refractivity contribution is 0.0947. The predicted octanol–water partition coefficient (Wildman–Crippen LogP) is 4.50. The highest BCUT2D eigenvalue weighted by atomic mass is 16.2. The van der Waals surface area contributed by atoms with Crippen molar-refractivity contribution in [3.8, 4) is 5.69 Å². The van der Waals surface area contributed by atoms with Gasteiger partial charge in [-0.1, -0.05) is 30.3 Å². The molecule has 0 saturated carbocycles. The third-order valence-corrected chi connectivity index (χ3v) is 5.74. The molecule has 0 aliphatic carbocycles. The molecule has 5 aromatic rings. The second kappa shape index (κ2) is 9.52. The summed E-state index contributed by atoms with van der Waals surface area (Å²) in [6.07, 6.45) is 3.52. The number of nitrogens with zero attached hydrogens (tertiary/aromatic N) is 1. The number of aromatic amines is 1. The molecule has 0 aliphatic rings. The highest BCUT2D eigenvalue weighted by molar-refractivity contribution is 6.05. The number of rotatable bonds is 6. The van der Waals surface area contributed by atoms with Crippen LogP contribution in [0.1, 0.15) is 26.3 Å². The Hall–Kier alpha value is -4.91. The average Bonchev–Trinajstić information content (AvgIpc) is 3.36. The van der Waals surface area contributed by atoms with E-state index in [1.807, 2.05) is 30.5 Å². The number of benzene rings is 3. The van der Waals surface area contributed by atoms with Crippen molar-refractivity contribution in [1.29, 1.82) is 0 Å². The van der Waals surface area contributed by atoms with E-state index in [2.05, 4.69) is 15.6 Å². The minimum atomic E-state index is -0.285. The van der Waals surface area contributed by atoms with Gasteiger partial charge in [0, 0.05) is 53.0 Å². The normalized spacial score (nSPS) is 10.7. The molecule has 2 heterocycles. The van der Waals surface area contributed by atoms with Gasteiger partial charge in [0.1, 0.15) is 0 Å². The number of anilines is 1. The van der Waals surface area contributed by atoms with Crippen molar-refractivity contribution in [3.63, 3.8) is 0 Å². The van der Waals surface area contributed by atoms with Crippen LogP contribution < -0.4 is 16.2 Å². The number of fused-ring (bicyclic) bond motifs is 1. The monoisotopic (exact) mass is 462 g/mol. The smallest absolute Gasteiger partial charge is 0.256 e. The lowest BCUT2D eigenvalue weighted by atomic mass is 10.1. The van der Waals surface area contributed by atoms with Crippen LogP contribution >= 0.6 is 0 Å². The van der Waals surface area contributed by atoms with Gasteiger partial charge in [-0.2, -0.15) is 0 Å². The maximum absolute atomic E-state index is 13.0. The molecular formula is C28H22N4O3. The van der Waals surface area contributed by atoms with Crippen molar-refractivity contribution in [3.05, 3.63) is 130 Å². The van der Waals surface area contributed by atoms with Gasteiger partial charge in [-0.05, 0) is 65.5 Å². The maximum Gasteiger partial charge on any atom is 0.256 e. The van der Waals surface area contributed by atoms with Gasteiger partial charge in [-0.15, -0.1) is 0 Å². The Labute approximate surface area is 201 Å². The molecule has 0 aliphatic heterocycles. The van der Waals surface area contributed by atoms with E-state index in [1.165, 1.54) is 10.6 Å². The van der Waals surface area contributed by atoms with Crippen LogP contribution in [0.15, 0.2) is 108 Å². The van der Waals surface area contributed by atoms with Gasteiger partial charge in [0.15, 0.2) is 0 Å². The van der Waals surface area contributed by atoms with Crippen LogP contribution in [0.25, 0.3) is 16.6 Å². The number of aromatic nitrogens is 2. The molecule has 7 nitrogen and oxygen atoms in total. The lowest BCUT2D eigenvalue weighted by Crippen LogP contribution is -2.24. The fourth-order valence-electron chi connectivity index (χ4n) is 3.91. The fourth-order valence-corrected chi connectivity index (χ4v) is 3.91. The van der Waals surface area contributed by atoms with Crippen LogP contribution in [0.3, 0.4) is 0 Å². The Morgan fingerprint density at radius 1 is 0.829 bits per heavy atom. The molecule has 2 aromatic heterocycles. The summed E-state index contributed by atoms with van der Waals surface area (Å²) in [4.78, 5) is 40.8. The first-order valence-corrected chi connectivity index (χ1v) is 11.1. The molecule has 5 rings (SSSR count). The standard InChI is InChI=1S/C28H22N4O3/c33-26-7-3-4-16-32(26)23-12-10-22(11-13-23)31-28(35)24-6-2-1-5-21(24)18-30-27(34)20-9-8-19-14-15-29-25(19)17-20/h1-17,29H,18H2,(H,30,34)(H,31,35). The van der Waals surface area contributed by atoms with E-state index in [9.17, 15) is 14.4 Å². The molecular weight excluding hydrogens is 440 g/mol. The predicted molar refractivity (Wildman–Crippen MR) is 136 cm³/mol. The van der Waals surface area contributed by atoms with E-state index in [1.54, 1.807) is 66.9 Å². The summed E-state index contributed by atoms with van der Waals surface area (Å²) < 4.78 is 1.52. The Morgan fingerprint density at radius 2 is 1.63 bits per heavy atom. The summed E-state index contributed by atoms with van der Waals surface area (Å²) in [7, 11) is 0. The van der Waals surface area contributed by atoms with Crippen molar-refractivity contribution in [2.75, 3.05) is 5.32 Å². The highest BCUT2D eigenvalue weighted by Crippen LogP contribution is 2.17. The number of amides is 2. The summed E-state index contributed by atoms with van der Waals surface area (Å²) in [5.41, 5.74) is 3.77. The molecule has 3 N–H and O–H groups in total. The third kappa shape index (κ3) is 4.74. The van der Waals surface area contributed by atoms with E-state index < -0.39 is 0 Å². The van der Waals surface area contributed by atoms with E-state index in [0.717, 1.165) is 10.9 Å². The van der Waals surface area contributed by atoms with Crippen molar-refractivity contribution < 1.29 is 9.59 Å². The van der Waals surface area contributed by atoms with Gasteiger partial charge in [0.2, 0.25) is 0 Å². The van der Waals surface area contributed by atoms with Crippen LogP contribution in [-0.2, 0) is 6.54 Å². The van der Waals surface area contributed by atoms with Crippen LogP contribution in [0.4, 0.5) is 5.69 Å². The van der Waals surface area contributed by atoms with E-state index >= 15 is 0 Å². The maximum atomic E-state index is 13.0. The number of hydrogen-bond acceptors (Lipinski definition) is 3. The lowest BCUT2D eigenvalue weighted by Gasteiger charge is -2.12. The van der Waals surface area contributed by atoms with Crippen molar-refractivity contribution in [2.24, 2.45) is 0 Å². The molecule has 35 heavy (non-hydrogen) atoms. The number of carbonyl (C=O) groups excluding carboxylic acids is 2. The number of hydrogen-bond donors (Lipinski definition) is 3. The van der Waals surface area contributed by atoms with Crippen LogP contribution in [-0.4, -0.2) is 21.4 Å². The Kier molecular flexibility index (Phi) is 5.96. The molecule has 0 bridgehead atoms. The van der Waals surface area contributed by atoms with Crippen LogP contribution in [0.5, 0.6) is 0 Å². The van der Waals surface area contributed by atoms with E-state index in [4.69, 9.17) is 0 Å². The SMILES string of the molecule is O=C(NCc1ccccc1C(=O)Nc1ccc(-n2ccccc2=O)cc1)c1ccc2cc[nH]c2c1. The van der Waals surface area contributed by atoms with Crippen molar-refractivity contribution in [2.45, 2.75) is 6.54 Å². The molecule has 3 aromatic carbocycles. The minimum absolute atomic E-state index is 0.131. The summed E-state index contributed by atoms with van der Waals surface area (Å²) in [6, 6.07) is 26.5. The molecule has 2 amide bonds. The van der Waals surface area contributed by atoms with Crippen molar-refractivity contribution in [1.82, 2.24) is 14.9 Å². The average molecular weight is 463 g/mol.